The molecule has 1 spiro atoms. The Morgan fingerprint density at radius 1 is 1.13 bits per heavy atom. The second kappa shape index (κ2) is 7.66. The third-order valence-corrected chi connectivity index (χ3v) is 6.75. The van der Waals surface area contributed by atoms with Crippen molar-refractivity contribution in [3.63, 3.8) is 0 Å². The first-order valence-corrected chi connectivity index (χ1v) is 10.8. The molecular weight excluding hydrogens is 376 g/mol. The maximum Gasteiger partial charge on any atom is 0.235 e. The van der Waals surface area contributed by atoms with Crippen molar-refractivity contribution in [1.82, 2.24) is 4.90 Å². The highest BCUT2D eigenvalue weighted by atomic mass is 16.5. The van der Waals surface area contributed by atoms with Crippen molar-refractivity contribution in [1.29, 1.82) is 5.26 Å². The molecule has 1 fully saturated rings. The van der Waals surface area contributed by atoms with E-state index in [0.29, 0.717) is 12.2 Å². The van der Waals surface area contributed by atoms with Crippen molar-refractivity contribution >= 4 is 17.3 Å². The summed E-state index contributed by atoms with van der Waals surface area (Å²) in [6, 6.07) is 14.0. The third kappa shape index (κ3) is 3.29. The minimum Gasteiger partial charge on any atom is -0.492 e. The summed E-state index contributed by atoms with van der Waals surface area (Å²) in [6.45, 7) is 4.23. The number of likely N-dealkylation sites (tertiary alicyclic amines) is 1. The highest BCUT2D eigenvalue weighted by Crippen LogP contribution is 2.45. The van der Waals surface area contributed by atoms with Gasteiger partial charge in [-0.3, -0.25) is 9.69 Å². The summed E-state index contributed by atoms with van der Waals surface area (Å²) in [5, 5.41) is 15.7. The SMILES string of the molecule is N#Cc1ccc2c(c1)C1(CCN(CCOc3ccc4c(c3)CCCN4)CC1)C(=O)N2. The predicted octanol–water partition coefficient (Wildman–Crippen LogP) is 3.28. The molecule has 1 saturated heterocycles. The van der Waals surface area contributed by atoms with Crippen LogP contribution >= 0.6 is 0 Å². The van der Waals surface area contributed by atoms with Gasteiger partial charge in [0.05, 0.1) is 17.0 Å². The Labute approximate surface area is 176 Å². The first kappa shape index (κ1) is 19.0. The van der Waals surface area contributed by atoms with Crippen LogP contribution in [0.2, 0.25) is 0 Å². The molecule has 6 nitrogen and oxygen atoms in total. The fourth-order valence-corrected chi connectivity index (χ4v) is 4.97. The van der Waals surface area contributed by atoms with Gasteiger partial charge in [0.25, 0.3) is 0 Å². The number of amides is 1. The predicted molar refractivity (Wildman–Crippen MR) is 116 cm³/mol. The number of carbonyl (C=O) groups is 1. The average molecular weight is 402 g/mol. The lowest BCUT2D eigenvalue weighted by Crippen LogP contribution is -2.47. The largest absolute Gasteiger partial charge is 0.492 e. The van der Waals surface area contributed by atoms with Crippen LogP contribution in [-0.4, -0.2) is 43.6 Å². The number of nitrogens with zero attached hydrogens (tertiary/aromatic N) is 2. The molecule has 30 heavy (non-hydrogen) atoms. The van der Waals surface area contributed by atoms with Crippen molar-refractivity contribution in [3.8, 4) is 11.8 Å². The molecule has 3 aliphatic rings. The van der Waals surface area contributed by atoms with Gasteiger partial charge in [-0.2, -0.15) is 5.26 Å². The molecule has 0 atom stereocenters. The van der Waals surface area contributed by atoms with Crippen LogP contribution in [0.15, 0.2) is 36.4 Å². The molecule has 0 saturated carbocycles. The Balaban J connectivity index is 1.18. The molecule has 0 bridgehead atoms. The van der Waals surface area contributed by atoms with Crippen LogP contribution in [0.3, 0.4) is 0 Å². The van der Waals surface area contributed by atoms with E-state index in [-0.39, 0.29) is 5.91 Å². The topological polar surface area (TPSA) is 77.4 Å². The number of benzene rings is 2. The quantitative estimate of drug-likeness (QED) is 0.821. The number of hydrogen-bond acceptors (Lipinski definition) is 5. The molecule has 3 aliphatic heterocycles. The lowest BCUT2D eigenvalue weighted by atomic mass is 9.73. The van der Waals surface area contributed by atoms with Gasteiger partial charge in [0.1, 0.15) is 12.4 Å². The van der Waals surface area contributed by atoms with Gasteiger partial charge < -0.3 is 15.4 Å². The Hall–Kier alpha value is -3.04. The number of carbonyl (C=O) groups excluding carboxylic acids is 1. The molecule has 0 radical (unpaired) electrons. The number of aryl methyl sites for hydroxylation is 1. The molecule has 2 aromatic carbocycles. The van der Waals surface area contributed by atoms with E-state index in [1.807, 2.05) is 18.2 Å². The van der Waals surface area contributed by atoms with Gasteiger partial charge in [0.15, 0.2) is 0 Å². The number of piperidine rings is 1. The molecule has 6 heteroatoms. The summed E-state index contributed by atoms with van der Waals surface area (Å²) in [5.41, 5.74) is 4.53. The van der Waals surface area contributed by atoms with Gasteiger partial charge in [0, 0.05) is 24.5 Å². The summed E-state index contributed by atoms with van der Waals surface area (Å²) < 4.78 is 6.01. The number of nitrogens with one attached hydrogen (secondary N) is 2. The summed E-state index contributed by atoms with van der Waals surface area (Å²) >= 11 is 0. The molecule has 2 aromatic rings. The normalized spacial score (nSPS) is 19.4. The molecule has 5 rings (SSSR count). The van der Waals surface area contributed by atoms with Crippen LogP contribution in [0.25, 0.3) is 0 Å². The first-order chi connectivity index (χ1) is 14.7. The summed E-state index contributed by atoms with van der Waals surface area (Å²) in [7, 11) is 0. The van der Waals surface area contributed by atoms with Crippen LogP contribution < -0.4 is 15.4 Å². The van der Waals surface area contributed by atoms with Crippen LogP contribution in [0.5, 0.6) is 5.75 Å². The number of hydrogen-bond donors (Lipinski definition) is 2. The molecule has 154 valence electrons. The number of rotatable bonds is 4. The highest BCUT2D eigenvalue weighted by Gasteiger charge is 2.48. The molecule has 3 heterocycles. The average Bonchev–Trinajstić information content (AvgIpc) is 3.05. The van der Waals surface area contributed by atoms with Crippen LogP contribution in [0, 0.1) is 11.3 Å². The Bertz CT molecular complexity index is 1020. The molecular formula is C24H26N4O2. The van der Waals surface area contributed by atoms with E-state index in [9.17, 15) is 10.1 Å². The van der Waals surface area contributed by atoms with Crippen molar-refractivity contribution < 1.29 is 9.53 Å². The second-order valence-electron chi connectivity index (χ2n) is 8.45. The van der Waals surface area contributed by atoms with E-state index in [0.717, 1.165) is 62.4 Å². The number of fused-ring (bicyclic) bond motifs is 3. The van der Waals surface area contributed by atoms with Crippen LogP contribution in [0.4, 0.5) is 11.4 Å². The van der Waals surface area contributed by atoms with E-state index < -0.39 is 5.41 Å². The number of nitriles is 1. The van der Waals surface area contributed by atoms with Gasteiger partial charge in [0.2, 0.25) is 5.91 Å². The zero-order valence-corrected chi connectivity index (χ0v) is 17.0. The molecule has 1 amide bonds. The van der Waals surface area contributed by atoms with Crippen molar-refractivity contribution in [2.75, 3.05) is 43.4 Å². The molecule has 2 N–H and O–H groups in total. The fourth-order valence-electron chi connectivity index (χ4n) is 4.97. The Kier molecular flexibility index (Phi) is 4.84. The summed E-state index contributed by atoms with van der Waals surface area (Å²) in [4.78, 5) is 15.2. The van der Waals surface area contributed by atoms with E-state index >= 15 is 0 Å². The molecule has 0 unspecified atom stereocenters. The maximum absolute atomic E-state index is 12.8. The highest BCUT2D eigenvalue weighted by molar-refractivity contribution is 6.06. The van der Waals surface area contributed by atoms with Gasteiger partial charge in [-0.15, -0.1) is 0 Å². The Morgan fingerprint density at radius 2 is 1.97 bits per heavy atom. The van der Waals surface area contributed by atoms with Crippen molar-refractivity contribution in [2.24, 2.45) is 0 Å². The molecule has 0 aromatic heterocycles. The molecule has 0 aliphatic carbocycles. The standard InChI is InChI=1S/C24H26N4O2/c25-16-17-3-5-22-20(14-17)24(23(29)27-22)7-10-28(11-8-24)12-13-30-19-4-6-21-18(15-19)2-1-9-26-21/h3-6,14-15,26H,1-2,7-13H2,(H,27,29). The zero-order valence-electron chi connectivity index (χ0n) is 17.0. The second-order valence-corrected chi connectivity index (χ2v) is 8.45. The van der Waals surface area contributed by atoms with Crippen LogP contribution in [-0.2, 0) is 16.6 Å². The van der Waals surface area contributed by atoms with Gasteiger partial charge in [-0.05, 0) is 86.3 Å². The van der Waals surface area contributed by atoms with E-state index in [2.05, 4.69) is 33.7 Å². The minimum absolute atomic E-state index is 0.0751. The third-order valence-electron chi connectivity index (χ3n) is 6.75. The lowest BCUT2D eigenvalue weighted by molar-refractivity contribution is -0.122. The first-order valence-electron chi connectivity index (χ1n) is 10.8. The monoisotopic (exact) mass is 402 g/mol. The van der Waals surface area contributed by atoms with E-state index in [4.69, 9.17) is 4.74 Å². The van der Waals surface area contributed by atoms with E-state index in [1.54, 1.807) is 6.07 Å². The fraction of sp³-hybridized carbons (Fsp3) is 0.417. The Morgan fingerprint density at radius 3 is 2.80 bits per heavy atom. The van der Waals surface area contributed by atoms with Crippen molar-refractivity contribution in [2.45, 2.75) is 31.1 Å². The number of ether oxygens (including phenoxy) is 1. The number of anilines is 2. The summed E-state index contributed by atoms with van der Waals surface area (Å²) in [6.07, 6.45) is 3.81. The van der Waals surface area contributed by atoms with Crippen LogP contribution in [0.1, 0.15) is 36.0 Å². The minimum atomic E-state index is -0.495. The maximum atomic E-state index is 12.8. The lowest BCUT2D eigenvalue weighted by Gasteiger charge is -2.38. The van der Waals surface area contributed by atoms with Crippen molar-refractivity contribution in [3.05, 3.63) is 53.1 Å². The summed E-state index contributed by atoms with van der Waals surface area (Å²) in [5.74, 6) is 1.00. The smallest absolute Gasteiger partial charge is 0.235 e. The van der Waals surface area contributed by atoms with Gasteiger partial charge in [-0.1, -0.05) is 0 Å². The zero-order chi connectivity index (χ0) is 20.6. The van der Waals surface area contributed by atoms with Gasteiger partial charge in [-0.25, -0.2) is 0 Å². The van der Waals surface area contributed by atoms with Gasteiger partial charge >= 0.3 is 0 Å². The van der Waals surface area contributed by atoms with E-state index in [1.165, 1.54) is 17.7 Å².